The largest absolute Gasteiger partial charge is 0.481 e. The van der Waals surface area contributed by atoms with Gasteiger partial charge in [-0.15, -0.1) is 0 Å². The van der Waals surface area contributed by atoms with E-state index >= 15 is 0 Å². The van der Waals surface area contributed by atoms with Gasteiger partial charge in [0.1, 0.15) is 5.82 Å². The third-order valence-corrected chi connectivity index (χ3v) is 3.76. The summed E-state index contributed by atoms with van der Waals surface area (Å²) in [6.07, 6.45) is 4.19. The number of nitrogens with zero attached hydrogens (tertiary/aromatic N) is 2. The smallest absolute Gasteiger partial charge is 0.311 e. The molecule has 1 fully saturated rings. The molecule has 18 heavy (non-hydrogen) atoms. The standard InChI is InChI=1S/C14H20N2O2/c1-3-6-14(13(17)18)7-8-16(10-14)12-5-4-11(2)9-15-12/h4-5,9H,3,6-8,10H2,1-2H3,(H,17,18). The van der Waals surface area contributed by atoms with Crippen molar-refractivity contribution in [1.29, 1.82) is 0 Å². The molecule has 98 valence electrons. The third-order valence-electron chi connectivity index (χ3n) is 3.76. The van der Waals surface area contributed by atoms with E-state index in [9.17, 15) is 9.90 Å². The fourth-order valence-corrected chi connectivity index (χ4v) is 2.68. The van der Waals surface area contributed by atoms with E-state index < -0.39 is 11.4 Å². The molecule has 0 aliphatic carbocycles. The Morgan fingerprint density at radius 3 is 2.89 bits per heavy atom. The zero-order chi connectivity index (χ0) is 13.2. The van der Waals surface area contributed by atoms with Gasteiger partial charge in [-0.3, -0.25) is 4.79 Å². The Morgan fingerprint density at radius 1 is 1.56 bits per heavy atom. The Bertz CT molecular complexity index is 430. The average Bonchev–Trinajstić information content (AvgIpc) is 2.76. The molecule has 1 atom stereocenters. The van der Waals surface area contributed by atoms with Crippen LogP contribution < -0.4 is 4.90 Å². The molecule has 2 rings (SSSR count). The second kappa shape index (κ2) is 4.96. The maximum Gasteiger partial charge on any atom is 0.311 e. The van der Waals surface area contributed by atoms with Gasteiger partial charge in [-0.05, 0) is 31.4 Å². The summed E-state index contributed by atoms with van der Waals surface area (Å²) in [7, 11) is 0. The maximum absolute atomic E-state index is 11.5. The van der Waals surface area contributed by atoms with Crippen LogP contribution >= 0.6 is 0 Å². The lowest BCUT2D eigenvalue weighted by Gasteiger charge is -2.24. The van der Waals surface area contributed by atoms with Gasteiger partial charge in [-0.25, -0.2) is 4.98 Å². The minimum Gasteiger partial charge on any atom is -0.481 e. The summed E-state index contributed by atoms with van der Waals surface area (Å²) in [5.41, 5.74) is 0.539. The van der Waals surface area contributed by atoms with Crippen molar-refractivity contribution in [2.75, 3.05) is 18.0 Å². The normalized spacial score (nSPS) is 23.3. The minimum absolute atomic E-state index is 0.576. The number of carbonyl (C=O) groups is 1. The number of anilines is 1. The molecule has 0 aromatic carbocycles. The maximum atomic E-state index is 11.5. The number of carboxylic acids is 1. The number of hydrogen-bond donors (Lipinski definition) is 1. The Balaban J connectivity index is 2.15. The van der Waals surface area contributed by atoms with Gasteiger partial charge in [0.2, 0.25) is 0 Å². The van der Waals surface area contributed by atoms with E-state index in [-0.39, 0.29) is 0 Å². The first-order chi connectivity index (χ1) is 8.57. The summed E-state index contributed by atoms with van der Waals surface area (Å²) in [5.74, 6) is 0.221. The lowest BCUT2D eigenvalue weighted by Crippen LogP contribution is -2.34. The minimum atomic E-state index is -0.668. The van der Waals surface area contributed by atoms with Crippen molar-refractivity contribution < 1.29 is 9.90 Å². The highest BCUT2D eigenvalue weighted by Crippen LogP contribution is 2.37. The van der Waals surface area contributed by atoms with Crippen molar-refractivity contribution in [3.63, 3.8) is 0 Å². The Hall–Kier alpha value is -1.58. The van der Waals surface area contributed by atoms with Crippen LogP contribution in [0.4, 0.5) is 5.82 Å². The summed E-state index contributed by atoms with van der Waals surface area (Å²) in [6, 6.07) is 3.99. The van der Waals surface area contributed by atoms with Crippen LogP contribution in [0.1, 0.15) is 31.7 Å². The molecular formula is C14H20N2O2. The number of pyridine rings is 1. The van der Waals surface area contributed by atoms with E-state index in [2.05, 4.69) is 9.88 Å². The van der Waals surface area contributed by atoms with Crippen molar-refractivity contribution in [1.82, 2.24) is 4.98 Å². The summed E-state index contributed by atoms with van der Waals surface area (Å²) in [6.45, 7) is 5.39. The molecule has 0 radical (unpaired) electrons. The van der Waals surface area contributed by atoms with Crippen LogP contribution in [0.25, 0.3) is 0 Å². The number of rotatable bonds is 4. The average molecular weight is 248 g/mol. The van der Waals surface area contributed by atoms with E-state index in [1.54, 1.807) is 0 Å². The van der Waals surface area contributed by atoms with Crippen LogP contribution in [-0.2, 0) is 4.79 Å². The van der Waals surface area contributed by atoms with Gasteiger partial charge in [0, 0.05) is 19.3 Å². The van der Waals surface area contributed by atoms with Crippen molar-refractivity contribution in [2.24, 2.45) is 5.41 Å². The lowest BCUT2D eigenvalue weighted by molar-refractivity contribution is -0.148. The number of carboxylic acid groups (broad SMARTS) is 1. The summed E-state index contributed by atoms with van der Waals surface area (Å²) in [4.78, 5) is 18.0. The van der Waals surface area contributed by atoms with E-state index in [0.29, 0.717) is 13.0 Å². The highest BCUT2D eigenvalue weighted by atomic mass is 16.4. The zero-order valence-electron chi connectivity index (χ0n) is 11.0. The van der Waals surface area contributed by atoms with Crippen molar-refractivity contribution in [3.05, 3.63) is 23.9 Å². The molecule has 1 aromatic rings. The Kier molecular flexibility index (Phi) is 3.55. The Morgan fingerprint density at radius 2 is 2.33 bits per heavy atom. The van der Waals surface area contributed by atoms with Gasteiger partial charge in [0.15, 0.2) is 0 Å². The predicted molar refractivity (Wildman–Crippen MR) is 70.8 cm³/mol. The van der Waals surface area contributed by atoms with Crippen molar-refractivity contribution in [3.8, 4) is 0 Å². The molecule has 1 aromatic heterocycles. The van der Waals surface area contributed by atoms with E-state index in [4.69, 9.17) is 0 Å². The van der Waals surface area contributed by atoms with Crippen LogP contribution in [0.3, 0.4) is 0 Å². The molecular weight excluding hydrogens is 228 g/mol. The summed E-state index contributed by atoms with van der Waals surface area (Å²) in [5, 5.41) is 9.46. The topological polar surface area (TPSA) is 53.4 Å². The van der Waals surface area contributed by atoms with Gasteiger partial charge in [0.25, 0.3) is 0 Å². The second-order valence-corrected chi connectivity index (χ2v) is 5.20. The van der Waals surface area contributed by atoms with Gasteiger partial charge in [-0.2, -0.15) is 0 Å². The monoisotopic (exact) mass is 248 g/mol. The molecule has 0 bridgehead atoms. The molecule has 4 nitrogen and oxygen atoms in total. The molecule has 1 aliphatic rings. The van der Waals surface area contributed by atoms with Crippen LogP contribution in [0.5, 0.6) is 0 Å². The van der Waals surface area contributed by atoms with Crippen LogP contribution in [0, 0.1) is 12.3 Å². The number of aromatic nitrogens is 1. The molecule has 0 spiro atoms. The van der Waals surface area contributed by atoms with Gasteiger partial charge in [-0.1, -0.05) is 19.4 Å². The second-order valence-electron chi connectivity index (χ2n) is 5.20. The first kappa shape index (κ1) is 12.9. The fourth-order valence-electron chi connectivity index (χ4n) is 2.68. The van der Waals surface area contributed by atoms with Crippen molar-refractivity contribution >= 4 is 11.8 Å². The molecule has 1 saturated heterocycles. The fraction of sp³-hybridized carbons (Fsp3) is 0.571. The number of aryl methyl sites for hydroxylation is 1. The molecule has 1 N–H and O–H groups in total. The first-order valence-corrected chi connectivity index (χ1v) is 6.48. The molecule has 2 heterocycles. The predicted octanol–water partition coefficient (Wildman–Crippen LogP) is 2.47. The highest BCUT2D eigenvalue weighted by molar-refractivity contribution is 5.76. The first-order valence-electron chi connectivity index (χ1n) is 6.48. The molecule has 0 amide bonds. The lowest BCUT2D eigenvalue weighted by atomic mass is 9.83. The van der Waals surface area contributed by atoms with Gasteiger partial charge in [0.05, 0.1) is 5.41 Å². The van der Waals surface area contributed by atoms with E-state index in [1.165, 1.54) is 0 Å². The van der Waals surface area contributed by atoms with Gasteiger partial charge < -0.3 is 10.0 Å². The van der Waals surface area contributed by atoms with E-state index in [1.807, 2.05) is 32.2 Å². The van der Waals surface area contributed by atoms with Crippen LogP contribution in [-0.4, -0.2) is 29.1 Å². The van der Waals surface area contributed by atoms with Crippen LogP contribution in [0.2, 0.25) is 0 Å². The molecule has 0 saturated carbocycles. The van der Waals surface area contributed by atoms with Gasteiger partial charge >= 0.3 is 5.97 Å². The SMILES string of the molecule is CCCC1(C(=O)O)CCN(c2ccc(C)cn2)C1. The molecule has 1 aliphatic heterocycles. The third kappa shape index (κ3) is 2.33. The Labute approximate surface area is 108 Å². The van der Waals surface area contributed by atoms with Crippen molar-refractivity contribution in [2.45, 2.75) is 33.1 Å². The summed E-state index contributed by atoms with van der Waals surface area (Å²) >= 11 is 0. The van der Waals surface area contributed by atoms with Crippen LogP contribution in [0.15, 0.2) is 18.3 Å². The molecule has 1 unspecified atom stereocenters. The quantitative estimate of drug-likeness (QED) is 0.889. The number of hydrogen-bond acceptors (Lipinski definition) is 3. The highest BCUT2D eigenvalue weighted by Gasteiger charge is 2.44. The summed E-state index contributed by atoms with van der Waals surface area (Å²) < 4.78 is 0. The van der Waals surface area contributed by atoms with E-state index in [0.717, 1.165) is 30.8 Å². The zero-order valence-corrected chi connectivity index (χ0v) is 11.0. The molecule has 4 heteroatoms. The number of aliphatic carboxylic acids is 1.